The molecule has 3 aliphatic rings. The van der Waals surface area contributed by atoms with Gasteiger partial charge in [-0.1, -0.05) is 6.92 Å². The molecule has 1 spiro atoms. The smallest absolute Gasteiger partial charge is 0.233 e. The molecule has 3 fully saturated rings. The summed E-state index contributed by atoms with van der Waals surface area (Å²) in [5.74, 6) is 0.775. The van der Waals surface area contributed by atoms with Crippen molar-refractivity contribution in [1.82, 2.24) is 0 Å². The number of nitrogens with zero attached hydrogens (tertiary/aromatic N) is 1. The maximum absolute atomic E-state index is 13.1. The van der Waals surface area contributed by atoms with E-state index in [1.54, 1.807) is 12.1 Å². The highest BCUT2D eigenvalue weighted by Crippen LogP contribution is 2.49. The van der Waals surface area contributed by atoms with Gasteiger partial charge in [0.25, 0.3) is 0 Å². The van der Waals surface area contributed by atoms with Crippen molar-refractivity contribution < 1.29 is 18.3 Å². The first-order valence-electron chi connectivity index (χ1n) is 9.68. The van der Waals surface area contributed by atoms with Crippen LogP contribution in [0.5, 0.6) is 5.75 Å². The molecule has 6 heteroatoms. The summed E-state index contributed by atoms with van der Waals surface area (Å²) in [5.41, 5.74) is -0.0214. The molecule has 0 radical (unpaired) electrons. The molecule has 142 valence electrons. The van der Waals surface area contributed by atoms with E-state index in [9.17, 15) is 14.1 Å². The van der Waals surface area contributed by atoms with Crippen LogP contribution >= 0.6 is 0 Å². The average Bonchev–Trinajstić information content (AvgIpc) is 3.46. The minimum atomic E-state index is -1.25. The van der Waals surface area contributed by atoms with E-state index in [4.69, 9.17) is 4.18 Å². The molecule has 2 saturated carbocycles. The Bertz CT molecular complexity index is 705. The maximum Gasteiger partial charge on any atom is 0.233 e. The molecule has 1 atom stereocenters. The molecule has 1 aromatic rings. The largest absolute Gasteiger partial charge is 0.400 e. The van der Waals surface area contributed by atoms with Crippen LogP contribution in [0.1, 0.15) is 58.3 Å². The second-order valence-electron chi connectivity index (χ2n) is 8.10. The van der Waals surface area contributed by atoms with E-state index in [0.29, 0.717) is 18.6 Å². The molecule has 0 aromatic heterocycles. The lowest BCUT2D eigenvalue weighted by atomic mass is 9.67. The second kappa shape index (κ2) is 6.64. The molecule has 4 rings (SSSR count). The molecule has 1 amide bonds. The SMILES string of the molecule is CCC1(O)CCC2(CCN(c3ccc(OS(=O)C4CC4)cc3)C2=O)CC1. The summed E-state index contributed by atoms with van der Waals surface area (Å²) in [4.78, 5) is 15.0. The van der Waals surface area contributed by atoms with Crippen LogP contribution in [0.2, 0.25) is 0 Å². The van der Waals surface area contributed by atoms with Gasteiger partial charge in [-0.05, 0) is 75.6 Å². The number of carbonyl (C=O) groups excluding carboxylic acids is 1. The van der Waals surface area contributed by atoms with Crippen molar-refractivity contribution in [2.45, 2.75) is 69.1 Å². The number of amides is 1. The van der Waals surface area contributed by atoms with E-state index in [1.807, 2.05) is 24.0 Å². The van der Waals surface area contributed by atoms with Crippen molar-refractivity contribution in [1.29, 1.82) is 0 Å². The first kappa shape index (κ1) is 18.0. The van der Waals surface area contributed by atoms with Gasteiger partial charge in [-0.2, -0.15) is 0 Å². The standard InChI is InChI=1S/C20H27NO4S/c1-2-20(23)11-9-19(10-12-20)13-14-21(18(19)22)15-3-5-16(6-4-15)25-26(24)17-7-8-17/h3-6,17,23H,2,7-14H2,1H3. The molecular formula is C20H27NO4S. The van der Waals surface area contributed by atoms with Crippen LogP contribution < -0.4 is 9.08 Å². The second-order valence-corrected chi connectivity index (χ2v) is 9.46. The summed E-state index contributed by atoms with van der Waals surface area (Å²) in [6, 6.07) is 7.35. The number of hydrogen-bond acceptors (Lipinski definition) is 4. The average molecular weight is 378 g/mol. The van der Waals surface area contributed by atoms with Gasteiger partial charge in [-0.25, -0.2) is 4.21 Å². The Morgan fingerprint density at radius 2 is 1.81 bits per heavy atom. The lowest BCUT2D eigenvalue weighted by Crippen LogP contribution is -2.43. The minimum Gasteiger partial charge on any atom is -0.400 e. The number of carbonyl (C=O) groups is 1. The first-order valence-corrected chi connectivity index (χ1v) is 10.8. The molecule has 1 heterocycles. The van der Waals surface area contributed by atoms with Crippen molar-refractivity contribution in [2.75, 3.05) is 11.4 Å². The third kappa shape index (κ3) is 3.29. The van der Waals surface area contributed by atoms with E-state index in [0.717, 1.165) is 50.8 Å². The van der Waals surface area contributed by atoms with Crippen LogP contribution in [0.15, 0.2) is 24.3 Å². The monoisotopic (exact) mass is 377 g/mol. The Kier molecular flexibility index (Phi) is 4.59. The van der Waals surface area contributed by atoms with Crippen LogP contribution in [-0.4, -0.2) is 32.6 Å². The third-order valence-electron chi connectivity index (χ3n) is 6.43. The zero-order valence-electron chi connectivity index (χ0n) is 15.3. The van der Waals surface area contributed by atoms with Crippen molar-refractivity contribution in [2.24, 2.45) is 5.41 Å². The van der Waals surface area contributed by atoms with Gasteiger partial charge in [0.15, 0.2) is 0 Å². The Morgan fingerprint density at radius 3 is 2.38 bits per heavy atom. The van der Waals surface area contributed by atoms with E-state index in [2.05, 4.69) is 0 Å². The fourth-order valence-electron chi connectivity index (χ4n) is 4.18. The number of anilines is 1. The van der Waals surface area contributed by atoms with Crippen LogP contribution in [0.3, 0.4) is 0 Å². The van der Waals surface area contributed by atoms with Crippen molar-refractivity contribution in [3.05, 3.63) is 24.3 Å². The topological polar surface area (TPSA) is 66.8 Å². The summed E-state index contributed by atoms with van der Waals surface area (Å²) >= 11 is -1.25. The van der Waals surface area contributed by atoms with Gasteiger partial charge in [0.2, 0.25) is 17.0 Å². The quantitative estimate of drug-likeness (QED) is 0.855. The van der Waals surface area contributed by atoms with Crippen LogP contribution in [0, 0.1) is 5.41 Å². The molecule has 1 N–H and O–H groups in total. The van der Waals surface area contributed by atoms with Gasteiger partial charge >= 0.3 is 0 Å². The van der Waals surface area contributed by atoms with Crippen molar-refractivity contribution >= 4 is 22.7 Å². The van der Waals surface area contributed by atoms with Crippen molar-refractivity contribution in [3.8, 4) is 5.75 Å². The Hall–Kier alpha value is -1.40. The van der Waals surface area contributed by atoms with Crippen LogP contribution in [-0.2, 0) is 15.9 Å². The molecule has 2 aliphatic carbocycles. The van der Waals surface area contributed by atoms with Crippen LogP contribution in [0.25, 0.3) is 0 Å². The lowest BCUT2D eigenvalue weighted by Gasteiger charge is -2.40. The molecule has 1 unspecified atom stereocenters. The molecule has 26 heavy (non-hydrogen) atoms. The zero-order chi connectivity index (χ0) is 18.4. The van der Waals surface area contributed by atoms with E-state index in [-0.39, 0.29) is 16.6 Å². The summed E-state index contributed by atoms with van der Waals surface area (Å²) in [6.45, 7) is 2.73. The fourth-order valence-corrected chi connectivity index (χ4v) is 5.14. The Balaban J connectivity index is 1.42. The third-order valence-corrected chi connectivity index (χ3v) is 7.80. The normalized spacial score (nSPS) is 32.8. The molecule has 0 bridgehead atoms. The molecular weight excluding hydrogens is 350 g/mol. The van der Waals surface area contributed by atoms with Gasteiger partial charge in [-0.3, -0.25) is 4.79 Å². The summed E-state index contributed by atoms with van der Waals surface area (Å²) in [5, 5.41) is 10.7. The number of benzene rings is 1. The van der Waals surface area contributed by atoms with Gasteiger partial charge in [0.05, 0.1) is 16.3 Å². The number of rotatable bonds is 5. The first-order chi connectivity index (χ1) is 12.4. The van der Waals surface area contributed by atoms with Gasteiger partial charge in [0, 0.05) is 12.2 Å². The predicted molar refractivity (Wildman–Crippen MR) is 101 cm³/mol. The number of hydrogen-bond donors (Lipinski definition) is 1. The fraction of sp³-hybridized carbons (Fsp3) is 0.650. The number of aliphatic hydroxyl groups is 1. The molecule has 1 aromatic carbocycles. The van der Waals surface area contributed by atoms with Gasteiger partial charge < -0.3 is 14.2 Å². The summed E-state index contributed by atoms with van der Waals surface area (Å²) in [7, 11) is 0. The maximum atomic E-state index is 13.1. The zero-order valence-corrected chi connectivity index (χ0v) is 16.1. The Labute approximate surface area is 157 Å². The Morgan fingerprint density at radius 1 is 1.15 bits per heavy atom. The lowest BCUT2D eigenvalue weighted by molar-refractivity contribution is -0.130. The minimum absolute atomic E-state index is 0.183. The van der Waals surface area contributed by atoms with E-state index >= 15 is 0 Å². The highest BCUT2D eigenvalue weighted by molar-refractivity contribution is 7.81. The summed E-state index contributed by atoms with van der Waals surface area (Å²) < 4.78 is 17.3. The highest BCUT2D eigenvalue weighted by Gasteiger charge is 2.51. The van der Waals surface area contributed by atoms with Crippen LogP contribution in [0.4, 0.5) is 5.69 Å². The van der Waals surface area contributed by atoms with E-state index in [1.165, 1.54) is 0 Å². The van der Waals surface area contributed by atoms with Gasteiger partial charge in [-0.15, -0.1) is 0 Å². The van der Waals surface area contributed by atoms with E-state index < -0.39 is 16.7 Å². The highest BCUT2D eigenvalue weighted by atomic mass is 32.2. The summed E-state index contributed by atoms with van der Waals surface area (Å²) in [6.07, 6.45) is 6.53. The predicted octanol–water partition coefficient (Wildman–Crippen LogP) is 3.33. The van der Waals surface area contributed by atoms with Gasteiger partial charge in [0.1, 0.15) is 5.75 Å². The molecule has 1 aliphatic heterocycles. The van der Waals surface area contributed by atoms with Crippen molar-refractivity contribution in [3.63, 3.8) is 0 Å². The molecule has 5 nitrogen and oxygen atoms in total. The molecule has 1 saturated heterocycles.